The fourth-order valence-corrected chi connectivity index (χ4v) is 3.03. The highest BCUT2D eigenvalue weighted by Gasteiger charge is 2.29. The van der Waals surface area contributed by atoms with E-state index in [0.29, 0.717) is 0 Å². The number of nitrogens with one attached hydrogen (secondary N) is 1. The van der Waals surface area contributed by atoms with Crippen LogP contribution in [-0.4, -0.2) is 12.1 Å². The van der Waals surface area contributed by atoms with Gasteiger partial charge in [-0.15, -0.1) is 0 Å². The minimum absolute atomic E-state index is 0.0912. The summed E-state index contributed by atoms with van der Waals surface area (Å²) in [4.78, 5) is 0. The first-order valence-electron chi connectivity index (χ1n) is 6.85. The Kier molecular flexibility index (Phi) is 4.63. The van der Waals surface area contributed by atoms with Crippen LogP contribution in [0.25, 0.3) is 0 Å². The Morgan fingerprint density at radius 2 is 2.17 bits per heavy atom. The van der Waals surface area contributed by atoms with Crippen molar-refractivity contribution in [1.82, 2.24) is 5.32 Å². The van der Waals surface area contributed by atoms with Crippen LogP contribution in [0, 0.1) is 5.82 Å². The van der Waals surface area contributed by atoms with Crippen LogP contribution < -0.4 is 5.32 Å². The lowest BCUT2D eigenvalue weighted by molar-refractivity contribution is 0.302. The molecule has 1 aliphatic rings. The zero-order valence-corrected chi connectivity index (χ0v) is 11.7. The lowest BCUT2D eigenvalue weighted by Gasteiger charge is -2.33. The number of halogens is 2. The molecule has 1 aromatic rings. The maximum Gasteiger partial charge on any atom is 0.142 e. The smallest absolute Gasteiger partial charge is 0.142 e. The Morgan fingerprint density at radius 3 is 2.94 bits per heavy atom. The van der Waals surface area contributed by atoms with E-state index in [1.165, 1.54) is 25.3 Å². The fourth-order valence-electron chi connectivity index (χ4n) is 2.83. The van der Waals surface area contributed by atoms with E-state index in [0.717, 1.165) is 31.4 Å². The highest BCUT2D eigenvalue weighted by molar-refractivity contribution is 6.31. The van der Waals surface area contributed by atoms with Gasteiger partial charge in [-0.3, -0.25) is 0 Å². The molecular weight excluding hydrogens is 249 g/mol. The molecule has 1 fully saturated rings. The van der Waals surface area contributed by atoms with E-state index in [9.17, 15) is 4.39 Å². The second-order valence-electron chi connectivity index (χ2n) is 5.26. The van der Waals surface area contributed by atoms with Crippen molar-refractivity contribution in [3.8, 4) is 0 Å². The van der Waals surface area contributed by atoms with Gasteiger partial charge in [-0.25, -0.2) is 4.39 Å². The molecule has 0 amide bonds. The Hall–Kier alpha value is -0.600. The van der Waals surface area contributed by atoms with Crippen LogP contribution in [-0.2, 0) is 6.42 Å². The zero-order valence-electron chi connectivity index (χ0n) is 10.9. The summed E-state index contributed by atoms with van der Waals surface area (Å²) in [7, 11) is 0. The van der Waals surface area contributed by atoms with Crippen LogP contribution in [0.2, 0.25) is 5.02 Å². The molecule has 2 rings (SSSR count). The minimum atomic E-state index is -0.311. The van der Waals surface area contributed by atoms with E-state index in [2.05, 4.69) is 12.2 Å². The molecule has 0 aliphatic carbocycles. The molecule has 1 saturated heterocycles. The van der Waals surface area contributed by atoms with Crippen molar-refractivity contribution in [2.24, 2.45) is 0 Å². The van der Waals surface area contributed by atoms with E-state index >= 15 is 0 Å². The average molecular weight is 270 g/mol. The van der Waals surface area contributed by atoms with Crippen LogP contribution in [0.5, 0.6) is 0 Å². The molecule has 3 heteroatoms. The first-order chi connectivity index (χ1) is 8.67. The molecule has 0 saturated carbocycles. The predicted molar refractivity (Wildman–Crippen MR) is 74.6 cm³/mol. The van der Waals surface area contributed by atoms with Crippen LogP contribution >= 0.6 is 11.6 Å². The van der Waals surface area contributed by atoms with Crippen molar-refractivity contribution in [2.45, 2.75) is 51.0 Å². The van der Waals surface area contributed by atoms with Crippen molar-refractivity contribution in [3.63, 3.8) is 0 Å². The van der Waals surface area contributed by atoms with Gasteiger partial charge in [0.2, 0.25) is 0 Å². The standard InChI is InChI=1S/C15H21ClFN/c1-2-15(9-4-3-5-10-18-15)11-12-7-6-8-13(17)14(12)16/h6-8,18H,2-5,9-11H2,1H3. The lowest BCUT2D eigenvalue weighted by atomic mass is 9.84. The van der Waals surface area contributed by atoms with Crippen molar-refractivity contribution < 1.29 is 4.39 Å². The summed E-state index contributed by atoms with van der Waals surface area (Å²) in [5, 5.41) is 3.95. The van der Waals surface area contributed by atoms with E-state index in [1.54, 1.807) is 6.07 Å². The third kappa shape index (κ3) is 3.04. The molecule has 1 unspecified atom stereocenters. The molecular formula is C15H21ClFN. The van der Waals surface area contributed by atoms with Gasteiger partial charge >= 0.3 is 0 Å². The van der Waals surface area contributed by atoms with Gasteiger partial charge in [0, 0.05) is 5.54 Å². The Balaban J connectivity index is 2.21. The number of rotatable bonds is 3. The van der Waals surface area contributed by atoms with Crippen LogP contribution in [0.15, 0.2) is 18.2 Å². The van der Waals surface area contributed by atoms with Gasteiger partial charge in [-0.2, -0.15) is 0 Å². The molecule has 1 aromatic carbocycles. The summed E-state index contributed by atoms with van der Waals surface area (Å²) < 4.78 is 13.5. The minimum Gasteiger partial charge on any atom is -0.311 e. The van der Waals surface area contributed by atoms with Crippen LogP contribution in [0.4, 0.5) is 4.39 Å². The second kappa shape index (κ2) is 6.03. The van der Waals surface area contributed by atoms with Crippen LogP contribution in [0.3, 0.4) is 0 Å². The molecule has 0 bridgehead atoms. The first-order valence-corrected chi connectivity index (χ1v) is 7.22. The topological polar surface area (TPSA) is 12.0 Å². The number of hydrogen-bond acceptors (Lipinski definition) is 1. The van der Waals surface area contributed by atoms with Gasteiger partial charge in [0.05, 0.1) is 5.02 Å². The predicted octanol–water partition coefficient (Wildman–Crippen LogP) is 4.33. The number of benzene rings is 1. The second-order valence-corrected chi connectivity index (χ2v) is 5.64. The Morgan fingerprint density at radius 1 is 1.33 bits per heavy atom. The molecule has 0 radical (unpaired) electrons. The highest BCUT2D eigenvalue weighted by atomic mass is 35.5. The van der Waals surface area contributed by atoms with E-state index in [1.807, 2.05) is 6.07 Å². The summed E-state index contributed by atoms with van der Waals surface area (Å²) in [5.74, 6) is -0.311. The van der Waals surface area contributed by atoms with Crippen molar-refractivity contribution in [2.75, 3.05) is 6.54 Å². The van der Waals surface area contributed by atoms with Gasteiger partial charge in [-0.05, 0) is 43.9 Å². The molecule has 1 heterocycles. The molecule has 1 aliphatic heterocycles. The maximum absolute atomic E-state index is 13.5. The SMILES string of the molecule is CCC1(Cc2cccc(F)c2Cl)CCCCCN1. The molecule has 1 atom stereocenters. The van der Waals surface area contributed by atoms with Gasteiger partial charge in [0.25, 0.3) is 0 Å². The largest absolute Gasteiger partial charge is 0.311 e. The third-order valence-corrected chi connectivity index (χ3v) is 4.49. The van der Waals surface area contributed by atoms with Gasteiger partial charge < -0.3 is 5.32 Å². The van der Waals surface area contributed by atoms with Gasteiger partial charge in [0.15, 0.2) is 0 Å². The molecule has 1 nitrogen and oxygen atoms in total. The monoisotopic (exact) mass is 269 g/mol. The molecule has 0 spiro atoms. The molecule has 100 valence electrons. The van der Waals surface area contributed by atoms with Gasteiger partial charge in [-0.1, -0.05) is 43.5 Å². The molecule has 1 N–H and O–H groups in total. The van der Waals surface area contributed by atoms with Crippen LogP contribution in [0.1, 0.15) is 44.6 Å². The fraction of sp³-hybridized carbons (Fsp3) is 0.600. The third-order valence-electron chi connectivity index (χ3n) is 4.07. The average Bonchev–Trinajstić information content (AvgIpc) is 2.61. The quantitative estimate of drug-likeness (QED) is 0.861. The zero-order chi connectivity index (χ0) is 13.0. The Bertz CT molecular complexity index is 397. The molecule has 0 aromatic heterocycles. The van der Waals surface area contributed by atoms with Crippen molar-refractivity contribution in [1.29, 1.82) is 0 Å². The van der Waals surface area contributed by atoms with Crippen molar-refractivity contribution in [3.05, 3.63) is 34.6 Å². The number of hydrogen-bond donors (Lipinski definition) is 1. The summed E-state index contributed by atoms with van der Waals surface area (Å²) in [5.41, 5.74) is 1.02. The first kappa shape index (κ1) is 13.8. The highest BCUT2D eigenvalue weighted by Crippen LogP contribution is 2.30. The van der Waals surface area contributed by atoms with E-state index < -0.39 is 0 Å². The van der Waals surface area contributed by atoms with Crippen molar-refractivity contribution >= 4 is 11.6 Å². The van der Waals surface area contributed by atoms with Gasteiger partial charge in [0.1, 0.15) is 5.82 Å². The summed E-state index contributed by atoms with van der Waals surface area (Å²) in [6, 6.07) is 5.11. The Labute approximate surface area is 114 Å². The summed E-state index contributed by atoms with van der Waals surface area (Å²) in [6.45, 7) is 3.26. The summed E-state index contributed by atoms with van der Waals surface area (Å²) >= 11 is 6.07. The van der Waals surface area contributed by atoms with E-state index in [-0.39, 0.29) is 16.4 Å². The molecule has 18 heavy (non-hydrogen) atoms. The lowest BCUT2D eigenvalue weighted by Crippen LogP contribution is -2.46. The normalized spacial score (nSPS) is 24.8. The van der Waals surface area contributed by atoms with E-state index in [4.69, 9.17) is 11.6 Å². The maximum atomic E-state index is 13.5. The summed E-state index contributed by atoms with van der Waals surface area (Å²) in [6.07, 6.45) is 6.79.